The van der Waals surface area contributed by atoms with E-state index in [9.17, 15) is 0 Å². The van der Waals surface area contributed by atoms with Crippen LogP contribution in [-0.2, 0) is 0 Å². The lowest BCUT2D eigenvalue weighted by Crippen LogP contribution is -1.99. The Morgan fingerprint density at radius 2 is 1.90 bits per heavy atom. The van der Waals surface area contributed by atoms with Gasteiger partial charge in [-0.1, -0.05) is 25.7 Å². The Bertz CT molecular complexity index is 94.6. The molecule has 0 heteroatoms. The Hall–Kier alpha value is 0. The fourth-order valence-electron chi connectivity index (χ4n) is 2.48. The molecule has 0 amide bonds. The minimum Gasteiger partial charge on any atom is -0.0533 e. The van der Waals surface area contributed by atoms with Crippen LogP contribution in [0.5, 0.6) is 0 Å². The highest BCUT2D eigenvalue weighted by Crippen LogP contribution is 2.40. The van der Waals surface area contributed by atoms with Gasteiger partial charge in [-0.05, 0) is 37.5 Å². The lowest BCUT2D eigenvalue weighted by molar-refractivity contribution is 0.449. The Kier molecular flexibility index (Phi) is 1.97. The lowest BCUT2D eigenvalue weighted by Gasteiger charge is -2.14. The molecule has 2 rings (SSSR count). The number of hydrogen-bond donors (Lipinski definition) is 0. The molecule has 0 N–H and O–H groups in total. The van der Waals surface area contributed by atoms with Gasteiger partial charge in [-0.3, -0.25) is 0 Å². The van der Waals surface area contributed by atoms with E-state index >= 15 is 0 Å². The molecule has 2 aliphatic rings. The minimum absolute atomic E-state index is 1.11. The minimum atomic E-state index is 1.11. The van der Waals surface area contributed by atoms with Crippen LogP contribution in [0.3, 0.4) is 0 Å². The quantitative estimate of drug-likeness (QED) is 0.480. The first-order valence-corrected chi connectivity index (χ1v) is 4.79. The molecule has 2 fully saturated rings. The van der Waals surface area contributed by atoms with E-state index in [1.54, 1.807) is 0 Å². The van der Waals surface area contributed by atoms with Crippen molar-refractivity contribution in [3.05, 3.63) is 5.92 Å². The number of fused-ring (bicyclic) bond motifs is 2. The van der Waals surface area contributed by atoms with E-state index in [4.69, 9.17) is 0 Å². The summed E-state index contributed by atoms with van der Waals surface area (Å²) in [5.41, 5.74) is 0. The summed E-state index contributed by atoms with van der Waals surface area (Å²) >= 11 is 0. The molecule has 0 aromatic heterocycles. The van der Waals surface area contributed by atoms with Crippen LogP contribution in [0.15, 0.2) is 0 Å². The maximum absolute atomic E-state index is 1.89. The Labute approximate surface area is 64.0 Å². The first-order chi connectivity index (χ1) is 4.95. The molecule has 1 unspecified atom stereocenters. The molecule has 0 aliphatic heterocycles. The molecule has 57 valence electrons. The number of rotatable bonds is 0. The summed E-state index contributed by atoms with van der Waals surface area (Å²) in [5.74, 6) is 3.00. The van der Waals surface area contributed by atoms with Crippen molar-refractivity contribution in [1.82, 2.24) is 0 Å². The van der Waals surface area contributed by atoms with E-state index in [-0.39, 0.29) is 0 Å². The van der Waals surface area contributed by atoms with E-state index in [0.717, 1.165) is 5.92 Å². The second kappa shape index (κ2) is 2.94. The van der Waals surface area contributed by atoms with Gasteiger partial charge in [0.1, 0.15) is 0 Å². The SMILES string of the molecule is C1CC[C]2CCC(CC1)C2. The zero-order valence-electron chi connectivity index (χ0n) is 6.73. The van der Waals surface area contributed by atoms with E-state index in [1.165, 1.54) is 51.4 Å². The maximum atomic E-state index is 1.89. The molecule has 0 saturated heterocycles. The standard InChI is InChI=1S/C10H17/c1-2-4-9-6-7-10(8-9)5-3-1/h9H,1-8H2. The van der Waals surface area contributed by atoms with E-state index in [1.807, 2.05) is 5.92 Å². The summed E-state index contributed by atoms with van der Waals surface area (Å²) in [6, 6.07) is 0. The molecule has 1 atom stereocenters. The highest BCUT2D eigenvalue weighted by molar-refractivity contribution is 4.98. The van der Waals surface area contributed by atoms with Crippen molar-refractivity contribution in [3.8, 4) is 0 Å². The largest absolute Gasteiger partial charge is 0.0533 e. The lowest BCUT2D eigenvalue weighted by atomic mass is 9.92. The van der Waals surface area contributed by atoms with Gasteiger partial charge >= 0.3 is 0 Å². The predicted molar refractivity (Wildman–Crippen MR) is 43.7 cm³/mol. The van der Waals surface area contributed by atoms with Gasteiger partial charge < -0.3 is 0 Å². The van der Waals surface area contributed by atoms with Crippen molar-refractivity contribution in [2.75, 3.05) is 0 Å². The first-order valence-electron chi connectivity index (χ1n) is 4.79. The van der Waals surface area contributed by atoms with Gasteiger partial charge in [-0.2, -0.15) is 0 Å². The fraction of sp³-hybridized carbons (Fsp3) is 0.900. The van der Waals surface area contributed by atoms with Gasteiger partial charge in [0.15, 0.2) is 0 Å². The van der Waals surface area contributed by atoms with Crippen LogP contribution in [0.2, 0.25) is 0 Å². The number of hydrogen-bond acceptors (Lipinski definition) is 0. The average Bonchev–Trinajstić information content (AvgIpc) is 2.30. The van der Waals surface area contributed by atoms with Crippen molar-refractivity contribution < 1.29 is 0 Å². The molecule has 0 heterocycles. The van der Waals surface area contributed by atoms with Crippen molar-refractivity contribution in [2.24, 2.45) is 5.92 Å². The molecule has 0 aromatic carbocycles. The van der Waals surface area contributed by atoms with E-state index in [0.29, 0.717) is 0 Å². The molecular weight excluding hydrogens is 120 g/mol. The Morgan fingerprint density at radius 1 is 0.900 bits per heavy atom. The molecule has 2 aliphatic carbocycles. The van der Waals surface area contributed by atoms with Crippen molar-refractivity contribution in [1.29, 1.82) is 0 Å². The van der Waals surface area contributed by atoms with Gasteiger partial charge in [0.25, 0.3) is 0 Å². The zero-order valence-corrected chi connectivity index (χ0v) is 6.73. The second-order valence-electron chi connectivity index (χ2n) is 3.96. The van der Waals surface area contributed by atoms with Crippen LogP contribution >= 0.6 is 0 Å². The van der Waals surface area contributed by atoms with Crippen LogP contribution in [0, 0.1) is 11.8 Å². The Morgan fingerprint density at radius 3 is 2.90 bits per heavy atom. The molecule has 2 bridgehead atoms. The van der Waals surface area contributed by atoms with Gasteiger partial charge in [0.05, 0.1) is 0 Å². The highest BCUT2D eigenvalue weighted by atomic mass is 14.3. The van der Waals surface area contributed by atoms with Crippen LogP contribution in [0.4, 0.5) is 0 Å². The third-order valence-electron chi connectivity index (χ3n) is 3.13. The molecular formula is C10H17. The first kappa shape index (κ1) is 6.69. The molecule has 0 nitrogen and oxygen atoms in total. The summed E-state index contributed by atoms with van der Waals surface area (Å²) in [6.07, 6.45) is 12.0. The Balaban J connectivity index is 1.91. The molecule has 0 aromatic rings. The predicted octanol–water partition coefficient (Wildman–Crippen LogP) is 3.33. The van der Waals surface area contributed by atoms with Crippen molar-refractivity contribution >= 4 is 0 Å². The average molecular weight is 137 g/mol. The topological polar surface area (TPSA) is 0 Å². The summed E-state index contributed by atoms with van der Waals surface area (Å²) in [6.45, 7) is 0. The monoisotopic (exact) mass is 137 g/mol. The summed E-state index contributed by atoms with van der Waals surface area (Å²) in [4.78, 5) is 0. The highest BCUT2D eigenvalue weighted by Gasteiger charge is 2.25. The fourth-order valence-corrected chi connectivity index (χ4v) is 2.48. The van der Waals surface area contributed by atoms with E-state index in [2.05, 4.69) is 0 Å². The van der Waals surface area contributed by atoms with Gasteiger partial charge in [0, 0.05) is 0 Å². The normalized spacial score (nSPS) is 35.4. The van der Waals surface area contributed by atoms with Gasteiger partial charge in [-0.15, -0.1) is 0 Å². The summed E-state index contributed by atoms with van der Waals surface area (Å²) in [7, 11) is 0. The zero-order chi connectivity index (χ0) is 6.81. The van der Waals surface area contributed by atoms with Gasteiger partial charge in [0.2, 0.25) is 0 Å². The molecule has 1 radical (unpaired) electrons. The van der Waals surface area contributed by atoms with Crippen molar-refractivity contribution in [3.63, 3.8) is 0 Å². The van der Waals surface area contributed by atoms with Crippen LogP contribution in [0.1, 0.15) is 51.4 Å². The molecule has 0 spiro atoms. The van der Waals surface area contributed by atoms with Crippen LogP contribution in [-0.4, -0.2) is 0 Å². The smallest absolute Gasteiger partial charge is 0.0238 e. The second-order valence-corrected chi connectivity index (χ2v) is 3.96. The third-order valence-corrected chi connectivity index (χ3v) is 3.13. The third kappa shape index (κ3) is 1.36. The summed E-state index contributed by atoms with van der Waals surface area (Å²) < 4.78 is 0. The van der Waals surface area contributed by atoms with Crippen LogP contribution < -0.4 is 0 Å². The molecule has 2 saturated carbocycles. The van der Waals surface area contributed by atoms with Crippen molar-refractivity contribution in [2.45, 2.75) is 51.4 Å². The van der Waals surface area contributed by atoms with Gasteiger partial charge in [-0.25, -0.2) is 0 Å². The molecule has 10 heavy (non-hydrogen) atoms. The summed E-state index contributed by atoms with van der Waals surface area (Å²) in [5, 5.41) is 0. The van der Waals surface area contributed by atoms with E-state index < -0.39 is 0 Å². The van der Waals surface area contributed by atoms with Crippen LogP contribution in [0.25, 0.3) is 0 Å². The maximum Gasteiger partial charge on any atom is -0.0238 e.